The van der Waals surface area contributed by atoms with Gasteiger partial charge in [0.05, 0.1) is 0 Å². The number of nitrogens with two attached hydrogens (primary N) is 1. The predicted molar refractivity (Wildman–Crippen MR) is 81.0 cm³/mol. The summed E-state index contributed by atoms with van der Waals surface area (Å²) < 4.78 is 0. The van der Waals surface area contributed by atoms with E-state index in [9.17, 15) is 4.79 Å². The zero-order valence-electron chi connectivity index (χ0n) is 11.2. The third-order valence-electron chi connectivity index (χ3n) is 2.64. The van der Waals surface area contributed by atoms with Crippen molar-refractivity contribution in [3.8, 4) is 0 Å². The smallest absolute Gasteiger partial charge is 0.265 e. The van der Waals surface area contributed by atoms with Gasteiger partial charge in [0.1, 0.15) is 10.7 Å². The van der Waals surface area contributed by atoms with E-state index in [1.807, 2.05) is 19.1 Å². The topological polar surface area (TPSA) is 92.9 Å². The van der Waals surface area contributed by atoms with Crippen LogP contribution in [0.2, 0.25) is 0 Å². The van der Waals surface area contributed by atoms with E-state index in [4.69, 9.17) is 5.73 Å². The molecule has 4 N–H and O–H groups in total. The summed E-state index contributed by atoms with van der Waals surface area (Å²) in [6.07, 6.45) is 4.23. The van der Waals surface area contributed by atoms with Gasteiger partial charge < -0.3 is 16.4 Å². The van der Waals surface area contributed by atoms with Gasteiger partial charge in [-0.05, 0) is 31.0 Å². The molecule has 2 heterocycles. The first kappa shape index (κ1) is 14.3. The molecule has 0 unspecified atom stereocenters. The van der Waals surface area contributed by atoms with Gasteiger partial charge in [-0.2, -0.15) is 0 Å². The molecule has 1 amide bonds. The van der Waals surface area contributed by atoms with E-state index in [1.165, 1.54) is 11.3 Å². The Kier molecular flexibility index (Phi) is 4.89. The molecule has 0 fully saturated rings. The van der Waals surface area contributed by atoms with Gasteiger partial charge in [-0.1, -0.05) is 11.3 Å². The van der Waals surface area contributed by atoms with Crippen molar-refractivity contribution in [1.82, 2.24) is 15.3 Å². The Morgan fingerprint density at radius 3 is 2.85 bits per heavy atom. The Hall–Kier alpha value is -2.15. The molecule has 106 valence electrons. The Morgan fingerprint density at radius 2 is 2.15 bits per heavy atom. The maximum atomic E-state index is 12.0. The molecule has 0 aliphatic carbocycles. The highest BCUT2D eigenvalue weighted by Gasteiger charge is 2.15. The lowest BCUT2D eigenvalue weighted by molar-refractivity contribution is 0.0959. The van der Waals surface area contributed by atoms with Gasteiger partial charge in [-0.25, -0.2) is 4.98 Å². The number of nitrogen functional groups attached to an aromatic ring is 1. The fraction of sp³-hybridized carbons (Fsp3) is 0.308. The minimum atomic E-state index is -0.182. The average Bonchev–Trinajstić information content (AvgIpc) is 2.81. The maximum absolute atomic E-state index is 12.0. The van der Waals surface area contributed by atoms with E-state index >= 15 is 0 Å². The van der Waals surface area contributed by atoms with Crippen LogP contribution in [0.4, 0.5) is 10.9 Å². The lowest BCUT2D eigenvalue weighted by atomic mass is 10.2. The lowest BCUT2D eigenvalue weighted by Crippen LogP contribution is -2.25. The second kappa shape index (κ2) is 6.85. The largest absolute Gasteiger partial charge is 0.382 e. The summed E-state index contributed by atoms with van der Waals surface area (Å²) in [4.78, 5) is 20.5. The average molecular weight is 291 g/mol. The van der Waals surface area contributed by atoms with Crippen LogP contribution in [-0.4, -0.2) is 29.0 Å². The summed E-state index contributed by atoms with van der Waals surface area (Å²) >= 11 is 1.27. The van der Waals surface area contributed by atoms with Crippen molar-refractivity contribution < 1.29 is 4.79 Å². The summed E-state index contributed by atoms with van der Waals surface area (Å²) in [6, 6.07) is 3.85. The normalized spacial score (nSPS) is 10.2. The molecule has 0 spiro atoms. The standard InChI is InChI=1S/C13H17N5OS/c1-2-16-13-18-11(14)10(20-13)12(19)17-8-5-9-3-6-15-7-4-9/h3-4,6-7H,2,5,8,14H2,1H3,(H,16,18)(H,17,19). The highest BCUT2D eigenvalue weighted by Crippen LogP contribution is 2.24. The molecule has 7 heteroatoms. The quantitative estimate of drug-likeness (QED) is 0.750. The van der Waals surface area contributed by atoms with Gasteiger partial charge in [-0.15, -0.1) is 0 Å². The third kappa shape index (κ3) is 3.67. The molecule has 20 heavy (non-hydrogen) atoms. The van der Waals surface area contributed by atoms with E-state index in [0.29, 0.717) is 16.6 Å². The first-order chi connectivity index (χ1) is 9.70. The molecule has 0 aliphatic heterocycles. The van der Waals surface area contributed by atoms with E-state index in [2.05, 4.69) is 20.6 Å². The van der Waals surface area contributed by atoms with Crippen molar-refractivity contribution in [2.75, 3.05) is 24.1 Å². The van der Waals surface area contributed by atoms with Gasteiger partial charge >= 0.3 is 0 Å². The number of amides is 1. The monoisotopic (exact) mass is 291 g/mol. The van der Waals surface area contributed by atoms with Gasteiger partial charge in [0.15, 0.2) is 5.13 Å². The molecular weight excluding hydrogens is 274 g/mol. The van der Waals surface area contributed by atoms with Crippen LogP contribution >= 0.6 is 11.3 Å². The zero-order valence-corrected chi connectivity index (χ0v) is 12.0. The van der Waals surface area contributed by atoms with Crippen molar-refractivity contribution in [3.05, 3.63) is 35.0 Å². The molecule has 0 saturated carbocycles. The lowest BCUT2D eigenvalue weighted by Gasteiger charge is -2.03. The molecule has 2 aromatic rings. The summed E-state index contributed by atoms with van der Waals surface area (Å²) in [5.41, 5.74) is 6.88. The van der Waals surface area contributed by atoms with Gasteiger partial charge in [0.25, 0.3) is 5.91 Å². The number of pyridine rings is 1. The van der Waals surface area contributed by atoms with Gasteiger partial charge in [-0.3, -0.25) is 9.78 Å². The fourth-order valence-corrected chi connectivity index (χ4v) is 2.54. The van der Waals surface area contributed by atoms with Crippen molar-refractivity contribution in [1.29, 1.82) is 0 Å². The van der Waals surface area contributed by atoms with Crippen LogP contribution in [0, 0.1) is 0 Å². The van der Waals surface area contributed by atoms with E-state index in [0.717, 1.165) is 18.5 Å². The SMILES string of the molecule is CCNc1nc(N)c(C(=O)NCCc2ccncc2)s1. The van der Waals surface area contributed by atoms with Gasteiger partial charge in [0.2, 0.25) is 0 Å². The van der Waals surface area contributed by atoms with Crippen LogP contribution in [0.25, 0.3) is 0 Å². The van der Waals surface area contributed by atoms with Crippen molar-refractivity contribution in [2.45, 2.75) is 13.3 Å². The van der Waals surface area contributed by atoms with Crippen LogP contribution in [0.5, 0.6) is 0 Å². The summed E-state index contributed by atoms with van der Waals surface area (Å²) in [5.74, 6) is 0.0885. The fourth-order valence-electron chi connectivity index (χ4n) is 1.67. The minimum Gasteiger partial charge on any atom is -0.382 e. The number of thiazole rings is 1. The number of carbonyl (C=O) groups is 1. The molecule has 0 saturated heterocycles. The number of carbonyl (C=O) groups excluding carboxylic acids is 1. The predicted octanol–water partition coefficient (Wildman–Crippen LogP) is 1.52. The first-order valence-corrected chi connectivity index (χ1v) is 7.19. The Bertz CT molecular complexity index is 569. The van der Waals surface area contributed by atoms with Crippen LogP contribution in [-0.2, 0) is 6.42 Å². The first-order valence-electron chi connectivity index (χ1n) is 6.38. The maximum Gasteiger partial charge on any atom is 0.265 e. The van der Waals surface area contributed by atoms with E-state index < -0.39 is 0 Å². The van der Waals surface area contributed by atoms with Crippen LogP contribution < -0.4 is 16.4 Å². The van der Waals surface area contributed by atoms with Crippen molar-refractivity contribution in [2.24, 2.45) is 0 Å². The van der Waals surface area contributed by atoms with Crippen molar-refractivity contribution in [3.63, 3.8) is 0 Å². The number of rotatable bonds is 6. The molecular formula is C13H17N5OS. The molecule has 0 atom stereocenters. The Morgan fingerprint density at radius 1 is 1.40 bits per heavy atom. The summed E-state index contributed by atoms with van der Waals surface area (Å²) in [5, 5.41) is 6.56. The summed E-state index contributed by atoms with van der Waals surface area (Å²) in [7, 11) is 0. The van der Waals surface area contributed by atoms with Crippen LogP contribution in [0.3, 0.4) is 0 Å². The van der Waals surface area contributed by atoms with E-state index in [1.54, 1.807) is 12.4 Å². The van der Waals surface area contributed by atoms with Crippen molar-refractivity contribution >= 4 is 28.2 Å². The minimum absolute atomic E-state index is 0.182. The highest BCUT2D eigenvalue weighted by atomic mass is 32.1. The van der Waals surface area contributed by atoms with Crippen LogP contribution in [0.15, 0.2) is 24.5 Å². The molecule has 2 aromatic heterocycles. The third-order valence-corrected chi connectivity index (χ3v) is 3.66. The highest BCUT2D eigenvalue weighted by molar-refractivity contribution is 7.18. The Labute approximate surface area is 121 Å². The molecule has 0 aliphatic rings. The molecule has 2 rings (SSSR count). The molecule has 0 bridgehead atoms. The Balaban J connectivity index is 1.88. The second-order valence-electron chi connectivity index (χ2n) is 4.13. The number of hydrogen-bond acceptors (Lipinski definition) is 6. The van der Waals surface area contributed by atoms with Gasteiger partial charge in [0, 0.05) is 25.5 Å². The number of nitrogens with one attached hydrogen (secondary N) is 2. The molecule has 6 nitrogen and oxygen atoms in total. The number of aromatic nitrogens is 2. The van der Waals surface area contributed by atoms with Crippen LogP contribution in [0.1, 0.15) is 22.2 Å². The number of anilines is 2. The molecule has 0 aromatic carbocycles. The second-order valence-corrected chi connectivity index (χ2v) is 5.12. The van der Waals surface area contributed by atoms with E-state index in [-0.39, 0.29) is 11.7 Å². The zero-order chi connectivity index (χ0) is 14.4. The number of nitrogens with zero attached hydrogens (tertiary/aromatic N) is 2. The molecule has 0 radical (unpaired) electrons. The number of hydrogen-bond donors (Lipinski definition) is 3. The summed E-state index contributed by atoms with van der Waals surface area (Å²) in [6.45, 7) is 3.26.